The van der Waals surface area contributed by atoms with Crippen LogP contribution < -0.4 is 10.6 Å². The first kappa shape index (κ1) is 30.4. The fraction of sp³-hybridized carbons (Fsp3) is 0.850. The molecule has 0 amide bonds. The topological polar surface area (TPSA) is 64.5 Å². The molecule has 0 aromatic heterocycles. The standard InChI is InChI=1S/C40H62N2O2/c1-23(2)39-13-11-29-8-7-12-40(29,22-39)37(5)19-28(14-24(3)32(37)20-39)33-10-9-30-16-27-15-26-17-34(41-21-25(4)43)35(44)18-31(26)36(27)38(30,6)42-33/h14,25-27,29-31,33-36,41-44H,1,7-13,15-22H2,2-6H3/t25-,26-,27-,29-,30+,31+,33-,34+,35+,36+,37-,38+,39-,40-/m0/s1. The van der Waals surface area contributed by atoms with Crippen LogP contribution in [0, 0.1) is 51.8 Å². The molecule has 244 valence electrons. The Kier molecular flexibility index (Phi) is 7.10. The number of fused-ring (bicyclic) bond motifs is 7. The Morgan fingerprint density at radius 3 is 2.64 bits per heavy atom. The number of aliphatic hydroxyl groups excluding tert-OH is 2. The molecule has 6 saturated carbocycles. The minimum Gasteiger partial charge on any atom is -0.392 e. The molecule has 4 nitrogen and oxygen atoms in total. The molecule has 1 spiro atoms. The summed E-state index contributed by atoms with van der Waals surface area (Å²) >= 11 is 0. The van der Waals surface area contributed by atoms with E-state index >= 15 is 0 Å². The predicted octanol–water partition coefficient (Wildman–Crippen LogP) is 7.47. The Bertz CT molecular complexity index is 1270. The third kappa shape index (κ3) is 4.15. The summed E-state index contributed by atoms with van der Waals surface area (Å²) in [6.45, 7) is 17.2. The van der Waals surface area contributed by atoms with Crippen LogP contribution in [0.4, 0.5) is 0 Å². The molecule has 14 atom stereocenters. The van der Waals surface area contributed by atoms with E-state index in [0.717, 1.165) is 30.6 Å². The van der Waals surface area contributed by atoms with Gasteiger partial charge < -0.3 is 20.8 Å². The maximum absolute atomic E-state index is 11.3. The highest BCUT2D eigenvalue weighted by molar-refractivity contribution is 5.46. The molecular formula is C40H62N2O2. The van der Waals surface area contributed by atoms with Crippen molar-refractivity contribution in [2.24, 2.45) is 51.8 Å². The third-order valence-electron chi connectivity index (χ3n) is 16.5. The van der Waals surface area contributed by atoms with Crippen LogP contribution in [0.15, 0.2) is 34.9 Å². The molecule has 1 heterocycles. The minimum atomic E-state index is -0.364. The van der Waals surface area contributed by atoms with Gasteiger partial charge in [0.25, 0.3) is 0 Å². The van der Waals surface area contributed by atoms with Crippen LogP contribution in [0.25, 0.3) is 0 Å². The molecule has 1 aliphatic heterocycles. The van der Waals surface area contributed by atoms with E-state index in [1.807, 2.05) is 6.92 Å². The van der Waals surface area contributed by atoms with Crippen molar-refractivity contribution >= 4 is 0 Å². The molecular weight excluding hydrogens is 540 g/mol. The van der Waals surface area contributed by atoms with E-state index in [9.17, 15) is 10.2 Å². The van der Waals surface area contributed by atoms with Crippen LogP contribution in [0.5, 0.6) is 0 Å². The van der Waals surface area contributed by atoms with Gasteiger partial charge in [-0.3, -0.25) is 0 Å². The number of allylic oxidation sites excluding steroid dienone is 4. The fourth-order valence-electron chi connectivity index (χ4n) is 14.5. The second-order valence-corrected chi connectivity index (χ2v) is 18.4. The highest BCUT2D eigenvalue weighted by atomic mass is 16.3. The van der Waals surface area contributed by atoms with E-state index in [0.29, 0.717) is 46.6 Å². The summed E-state index contributed by atoms with van der Waals surface area (Å²) in [5.74, 6) is 4.48. The summed E-state index contributed by atoms with van der Waals surface area (Å²) in [5, 5.41) is 29.1. The zero-order valence-corrected chi connectivity index (χ0v) is 28.6. The van der Waals surface area contributed by atoms with Crippen LogP contribution in [0.3, 0.4) is 0 Å². The largest absolute Gasteiger partial charge is 0.392 e. The lowest BCUT2D eigenvalue weighted by Gasteiger charge is -2.66. The van der Waals surface area contributed by atoms with Gasteiger partial charge in [0.1, 0.15) is 0 Å². The smallest absolute Gasteiger partial charge is 0.0696 e. The summed E-state index contributed by atoms with van der Waals surface area (Å²) in [6.07, 6.45) is 20.3. The lowest BCUT2D eigenvalue weighted by molar-refractivity contribution is -0.0808. The average molecular weight is 603 g/mol. The Labute approximate surface area is 268 Å². The number of nitrogens with one attached hydrogen (secondary N) is 2. The van der Waals surface area contributed by atoms with Crippen LogP contribution in [-0.2, 0) is 0 Å². The van der Waals surface area contributed by atoms with E-state index < -0.39 is 0 Å². The van der Waals surface area contributed by atoms with Crippen molar-refractivity contribution in [3.05, 3.63) is 34.9 Å². The van der Waals surface area contributed by atoms with E-state index in [1.54, 1.807) is 16.7 Å². The van der Waals surface area contributed by atoms with Gasteiger partial charge in [-0.1, -0.05) is 48.3 Å². The van der Waals surface area contributed by atoms with Gasteiger partial charge in [-0.25, -0.2) is 0 Å². The molecule has 7 fully saturated rings. The number of hydrogen-bond acceptors (Lipinski definition) is 4. The van der Waals surface area contributed by atoms with Crippen molar-refractivity contribution in [1.29, 1.82) is 0 Å². The molecule has 0 aromatic rings. The highest BCUT2D eigenvalue weighted by Gasteiger charge is 2.67. The summed E-state index contributed by atoms with van der Waals surface area (Å²) in [4.78, 5) is 0. The molecule has 7 aliphatic carbocycles. The maximum Gasteiger partial charge on any atom is 0.0696 e. The fourth-order valence-corrected chi connectivity index (χ4v) is 14.5. The van der Waals surface area contributed by atoms with Gasteiger partial charge in [-0.2, -0.15) is 0 Å². The summed E-state index contributed by atoms with van der Waals surface area (Å²) in [7, 11) is 0. The lowest BCUT2D eigenvalue weighted by Crippen LogP contribution is -2.62. The van der Waals surface area contributed by atoms with Crippen molar-refractivity contribution in [2.75, 3.05) is 6.54 Å². The van der Waals surface area contributed by atoms with Gasteiger partial charge in [0.2, 0.25) is 0 Å². The molecule has 1 saturated heterocycles. The van der Waals surface area contributed by atoms with Crippen LogP contribution in [0.1, 0.15) is 125 Å². The quantitative estimate of drug-likeness (QED) is 0.247. The zero-order chi connectivity index (χ0) is 30.8. The van der Waals surface area contributed by atoms with Gasteiger partial charge in [-0.15, -0.1) is 0 Å². The van der Waals surface area contributed by atoms with Gasteiger partial charge in [0, 0.05) is 24.2 Å². The van der Waals surface area contributed by atoms with Crippen molar-refractivity contribution in [1.82, 2.24) is 10.6 Å². The van der Waals surface area contributed by atoms with E-state index in [2.05, 4.69) is 51.0 Å². The monoisotopic (exact) mass is 602 g/mol. The van der Waals surface area contributed by atoms with Crippen molar-refractivity contribution in [3.8, 4) is 0 Å². The molecule has 0 unspecified atom stereocenters. The minimum absolute atomic E-state index is 0.134. The van der Waals surface area contributed by atoms with E-state index in [-0.39, 0.29) is 23.8 Å². The van der Waals surface area contributed by atoms with Gasteiger partial charge in [0.05, 0.1) is 12.2 Å². The van der Waals surface area contributed by atoms with Crippen LogP contribution in [0.2, 0.25) is 0 Å². The SMILES string of the molecule is C=C(C)[C@]12CC[C@@H]3CCC[C@@]3(C1)[C@@]1(C)CC([C@@H]3CC[C@@H]4C[C@@H]5C[C@H]6C[C@@H](NC[C@H](C)O)[C@H](O)C[C@H]6[C@@H]5[C@]4(C)N3)=CC(C)=C1C2. The Morgan fingerprint density at radius 2 is 1.86 bits per heavy atom. The van der Waals surface area contributed by atoms with Crippen molar-refractivity contribution < 1.29 is 10.2 Å². The normalized spacial score (nSPS) is 53.2. The van der Waals surface area contributed by atoms with Crippen LogP contribution >= 0.6 is 0 Å². The summed E-state index contributed by atoms with van der Waals surface area (Å²) in [6, 6.07) is 0.624. The number of rotatable bonds is 5. The maximum atomic E-state index is 11.3. The van der Waals surface area contributed by atoms with Crippen LogP contribution in [-0.4, -0.2) is 46.6 Å². The molecule has 8 aliphatic rings. The summed E-state index contributed by atoms with van der Waals surface area (Å²) in [5.41, 5.74) is 7.81. The molecule has 8 rings (SSSR count). The summed E-state index contributed by atoms with van der Waals surface area (Å²) < 4.78 is 0. The molecule has 0 radical (unpaired) electrons. The molecule has 44 heavy (non-hydrogen) atoms. The van der Waals surface area contributed by atoms with E-state index in [1.165, 1.54) is 82.6 Å². The average Bonchev–Trinajstić information content (AvgIpc) is 3.63. The number of hydrogen-bond donors (Lipinski definition) is 4. The first-order valence-corrected chi connectivity index (χ1v) is 18.8. The second-order valence-electron chi connectivity index (χ2n) is 18.4. The zero-order valence-electron chi connectivity index (χ0n) is 28.6. The number of aliphatic hydroxyl groups is 2. The molecule has 4 N–H and O–H groups in total. The van der Waals surface area contributed by atoms with Gasteiger partial charge in [0.15, 0.2) is 0 Å². The van der Waals surface area contributed by atoms with Crippen molar-refractivity contribution in [2.45, 2.75) is 154 Å². The van der Waals surface area contributed by atoms with E-state index in [4.69, 9.17) is 0 Å². The van der Waals surface area contributed by atoms with Crippen molar-refractivity contribution in [3.63, 3.8) is 0 Å². The molecule has 2 bridgehead atoms. The molecule has 0 aromatic carbocycles. The van der Waals surface area contributed by atoms with Gasteiger partial charge >= 0.3 is 0 Å². The lowest BCUT2D eigenvalue weighted by atomic mass is 9.38. The Balaban J connectivity index is 1.07. The Hall–Kier alpha value is -0.940. The first-order valence-electron chi connectivity index (χ1n) is 18.8. The number of piperidine rings is 1. The highest BCUT2D eigenvalue weighted by Crippen LogP contribution is 2.75. The third-order valence-corrected chi connectivity index (χ3v) is 16.5. The van der Waals surface area contributed by atoms with Gasteiger partial charge in [-0.05, 0) is 163 Å². The first-order chi connectivity index (χ1) is 20.9. The predicted molar refractivity (Wildman–Crippen MR) is 179 cm³/mol. The Morgan fingerprint density at radius 1 is 1.05 bits per heavy atom. The molecule has 4 heteroatoms. The second kappa shape index (κ2) is 10.3.